The standard InChI is InChI=1S/C66H70N4O6/c1-3-65(43-75-44-65)41-73-33-19-7-17-31-71-39-47-29-30-59-54(35-47)55-37-56-57-36-49(40-72-32-18-8-20-34-74-42-66(4-2)45-76-46-66)51-25-13-14-26-52(51)63(57)70(61(56)38-60(55)69(59)50-23-11-6-12-24-50)64-67-58-28-16-15-27-53(58)62(68-64)48-21-9-5-10-22-48/h5-6,9-16,21-30,35-38H,3-4,7-8,17-20,31-34,39-46H2,1-2H3. The molecule has 0 spiro atoms. The van der Waals surface area contributed by atoms with Crippen LogP contribution in [0.15, 0.2) is 146 Å². The van der Waals surface area contributed by atoms with Crippen molar-refractivity contribution in [1.29, 1.82) is 0 Å². The monoisotopic (exact) mass is 1010 g/mol. The van der Waals surface area contributed by atoms with E-state index in [0.29, 0.717) is 32.4 Å². The maximum atomic E-state index is 6.57. The Bertz CT molecular complexity index is 3610. The van der Waals surface area contributed by atoms with Crippen molar-refractivity contribution in [1.82, 2.24) is 19.1 Å². The summed E-state index contributed by atoms with van der Waals surface area (Å²) in [6.45, 7) is 13.4. The highest BCUT2D eigenvalue weighted by atomic mass is 16.5. The number of aromatic nitrogens is 4. The van der Waals surface area contributed by atoms with Crippen molar-refractivity contribution in [2.24, 2.45) is 10.8 Å². The van der Waals surface area contributed by atoms with Crippen LogP contribution in [0.3, 0.4) is 0 Å². The number of nitrogens with zero attached hydrogens (tertiary/aromatic N) is 4. The smallest absolute Gasteiger partial charge is 0.235 e. The lowest BCUT2D eigenvalue weighted by Crippen LogP contribution is -2.45. The molecule has 5 heterocycles. The van der Waals surface area contributed by atoms with E-state index in [2.05, 4.69) is 169 Å². The average Bonchev–Trinajstić information content (AvgIpc) is 4.05. The van der Waals surface area contributed by atoms with Crippen LogP contribution in [0.2, 0.25) is 0 Å². The molecule has 0 saturated carbocycles. The Morgan fingerprint density at radius 1 is 0.461 bits per heavy atom. The summed E-state index contributed by atoms with van der Waals surface area (Å²) in [6.07, 6.45) is 8.40. The summed E-state index contributed by atoms with van der Waals surface area (Å²) in [6, 6.07) is 52.3. The molecule has 2 aliphatic heterocycles. The summed E-state index contributed by atoms with van der Waals surface area (Å²) in [4.78, 5) is 11.0. The van der Waals surface area contributed by atoms with Crippen molar-refractivity contribution in [3.8, 4) is 22.9 Å². The second-order valence-electron chi connectivity index (χ2n) is 21.5. The topological polar surface area (TPSA) is 91.0 Å². The lowest BCUT2D eigenvalue weighted by Gasteiger charge is -2.40. The first-order chi connectivity index (χ1) is 37.5. The molecule has 0 aliphatic carbocycles. The molecule has 2 fully saturated rings. The van der Waals surface area contributed by atoms with Crippen LogP contribution >= 0.6 is 0 Å². The highest BCUT2D eigenvalue weighted by Gasteiger charge is 2.38. The van der Waals surface area contributed by atoms with Gasteiger partial charge in [-0.15, -0.1) is 0 Å². The molecule has 0 atom stereocenters. The fraction of sp³-hybridized carbons (Fsp3) is 0.364. The van der Waals surface area contributed by atoms with Gasteiger partial charge in [-0.3, -0.25) is 4.57 Å². The fourth-order valence-corrected chi connectivity index (χ4v) is 11.4. The largest absolute Gasteiger partial charge is 0.381 e. The number of ether oxygens (including phenoxy) is 6. The molecule has 0 amide bonds. The van der Waals surface area contributed by atoms with E-state index in [0.717, 1.165) is 187 Å². The summed E-state index contributed by atoms with van der Waals surface area (Å²) >= 11 is 0. The highest BCUT2D eigenvalue weighted by molar-refractivity contribution is 6.23. The second-order valence-corrected chi connectivity index (χ2v) is 21.5. The van der Waals surface area contributed by atoms with Crippen LogP contribution in [0, 0.1) is 10.8 Å². The molecule has 0 radical (unpaired) electrons. The van der Waals surface area contributed by atoms with Crippen LogP contribution < -0.4 is 0 Å². The first-order valence-corrected chi connectivity index (χ1v) is 27.8. The third-order valence-electron chi connectivity index (χ3n) is 16.3. The Kier molecular flexibility index (Phi) is 15.0. The molecule has 0 unspecified atom stereocenters. The van der Waals surface area contributed by atoms with Crippen LogP contribution in [-0.2, 0) is 41.6 Å². The van der Waals surface area contributed by atoms with Gasteiger partial charge in [0.2, 0.25) is 5.95 Å². The van der Waals surface area contributed by atoms with Gasteiger partial charge in [0, 0.05) is 80.8 Å². The van der Waals surface area contributed by atoms with Gasteiger partial charge < -0.3 is 33.0 Å². The maximum absolute atomic E-state index is 6.57. The Morgan fingerprint density at radius 2 is 1.03 bits per heavy atom. The van der Waals surface area contributed by atoms with Gasteiger partial charge in [-0.25, -0.2) is 9.97 Å². The molecule has 2 saturated heterocycles. The van der Waals surface area contributed by atoms with Crippen molar-refractivity contribution in [2.75, 3.05) is 66.1 Å². The van der Waals surface area contributed by atoms with Gasteiger partial charge in [0.05, 0.1) is 86.1 Å². The molecule has 390 valence electrons. The van der Waals surface area contributed by atoms with E-state index in [9.17, 15) is 0 Å². The normalized spacial score (nSPS) is 15.1. The minimum atomic E-state index is 0.222. The lowest BCUT2D eigenvalue weighted by molar-refractivity contribution is -0.150. The van der Waals surface area contributed by atoms with E-state index in [-0.39, 0.29) is 10.8 Å². The van der Waals surface area contributed by atoms with Crippen molar-refractivity contribution < 1.29 is 28.4 Å². The van der Waals surface area contributed by atoms with Crippen molar-refractivity contribution >= 4 is 65.3 Å². The number of para-hydroxylation sites is 2. The minimum absolute atomic E-state index is 0.222. The van der Waals surface area contributed by atoms with E-state index >= 15 is 0 Å². The number of hydrogen-bond acceptors (Lipinski definition) is 8. The molecule has 10 heteroatoms. The summed E-state index contributed by atoms with van der Waals surface area (Å²) in [5, 5.41) is 7.94. The molecule has 10 nitrogen and oxygen atoms in total. The molecule has 3 aromatic heterocycles. The predicted molar refractivity (Wildman–Crippen MR) is 307 cm³/mol. The number of benzene rings is 7. The van der Waals surface area contributed by atoms with Gasteiger partial charge in [-0.1, -0.05) is 111 Å². The zero-order chi connectivity index (χ0) is 51.3. The Labute approximate surface area is 445 Å². The average molecular weight is 1020 g/mol. The first kappa shape index (κ1) is 50.3. The van der Waals surface area contributed by atoms with Gasteiger partial charge in [0.1, 0.15) is 0 Å². The van der Waals surface area contributed by atoms with Crippen molar-refractivity contribution in [2.45, 2.75) is 78.4 Å². The summed E-state index contributed by atoms with van der Waals surface area (Å²) in [7, 11) is 0. The van der Waals surface area contributed by atoms with Gasteiger partial charge >= 0.3 is 0 Å². The minimum Gasteiger partial charge on any atom is -0.381 e. The third-order valence-corrected chi connectivity index (χ3v) is 16.3. The third kappa shape index (κ3) is 10.0. The van der Waals surface area contributed by atoms with Gasteiger partial charge in [0.15, 0.2) is 0 Å². The van der Waals surface area contributed by atoms with Gasteiger partial charge in [-0.05, 0) is 116 Å². The maximum Gasteiger partial charge on any atom is 0.235 e. The predicted octanol–water partition coefficient (Wildman–Crippen LogP) is 14.9. The van der Waals surface area contributed by atoms with Crippen LogP contribution in [0.5, 0.6) is 0 Å². The van der Waals surface area contributed by atoms with E-state index in [1.54, 1.807) is 0 Å². The zero-order valence-electron chi connectivity index (χ0n) is 44.2. The summed E-state index contributed by atoms with van der Waals surface area (Å²) in [5.41, 5.74) is 11.1. The second kappa shape index (κ2) is 22.6. The molecule has 0 N–H and O–H groups in total. The van der Waals surface area contributed by atoms with E-state index < -0.39 is 0 Å². The molecule has 10 aromatic rings. The van der Waals surface area contributed by atoms with Gasteiger partial charge in [-0.2, -0.15) is 0 Å². The van der Waals surface area contributed by atoms with Crippen LogP contribution in [0.25, 0.3) is 88.2 Å². The molecular formula is C66H70N4O6. The fourth-order valence-electron chi connectivity index (χ4n) is 11.4. The number of rotatable bonds is 25. The lowest BCUT2D eigenvalue weighted by atomic mass is 9.84. The van der Waals surface area contributed by atoms with Crippen molar-refractivity contribution in [3.05, 3.63) is 157 Å². The summed E-state index contributed by atoms with van der Waals surface area (Å²) in [5.74, 6) is 0.629. The highest BCUT2D eigenvalue weighted by Crippen LogP contribution is 2.43. The van der Waals surface area contributed by atoms with E-state index in [1.807, 2.05) is 0 Å². The first-order valence-electron chi connectivity index (χ1n) is 27.8. The Morgan fingerprint density at radius 3 is 1.68 bits per heavy atom. The Balaban J connectivity index is 0.909. The number of hydrogen-bond donors (Lipinski definition) is 0. The molecule has 7 aromatic carbocycles. The molecule has 0 bridgehead atoms. The van der Waals surface area contributed by atoms with Gasteiger partial charge in [0.25, 0.3) is 0 Å². The van der Waals surface area contributed by atoms with E-state index in [4.69, 9.17) is 38.4 Å². The number of fused-ring (bicyclic) bond motifs is 9. The van der Waals surface area contributed by atoms with Crippen LogP contribution in [0.4, 0.5) is 0 Å². The summed E-state index contributed by atoms with van der Waals surface area (Å²) < 4.78 is 40.8. The quantitative estimate of drug-likeness (QED) is 0.0523. The van der Waals surface area contributed by atoms with Crippen LogP contribution in [0.1, 0.15) is 76.3 Å². The SMILES string of the molecule is CCC1(COCCCCCOCc2ccc3c(c2)c2cc4c5cc(COCCCCCOCC6(CC)COC6)c6ccccc6c5n(-c5nc(-c6ccccc6)c6ccccc6n5)c4cc2n3-c2ccccc2)COC1. The zero-order valence-corrected chi connectivity index (χ0v) is 44.2. The molecule has 12 rings (SSSR count). The number of unbranched alkanes of at least 4 members (excludes halogenated alkanes) is 4. The Hall–Kier alpha value is -6.50. The van der Waals surface area contributed by atoms with Crippen LogP contribution in [-0.4, -0.2) is 85.2 Å². The molecule has 76 heavy (non-hydrogen) atoms. The molecular weight excluding hydrogens is 945 g/mol. The van der Waals surface area contributed by atoms with E-state index in [1.165, 1.54) is 10.8 Å². The van der Waals surface area contributed by atoms with Crippen molar-refractivity contribution in [3.63, 3.8) is 0 Å². The molecule has 2 aliphatic rings.